The second kappa shape index (κ2) is 8.61. The van der Waals surface area contributed by atoms with Crippen molar-refractivity contribution >= 4 is 23.0 Å². The van der Waals surface area contributed by atoms with E-state index in [0.717, 1.165) is 28.1 Å². The summed E-state index contributed by atoms with van der Waals surface area (Å²) in [4.78, 5) is 13.1. The molecular formula is C25H23ClN4O4. The molecule has 2 aromatic heterocycles. The van der Waals surface area contributed by atoms with Crippen LogP contribution in [0, 0.1) is 6.92 Å². The van der Waals surface area contributed by atoms with Gasteiger partial charge < -0.3 is 14.2 Å². The fraction of sp³-hybridized carbons (Fsp3) is 0.280. The van der Waals surface area contributed by atoms with Crippen molar-refractivity contribution in [2.75, 3.05) is 21.3 Å². The molecule has 0 saturated heterocycles. The van der Waals surface area contributed by atoms with Gasteiger partial charge in [0, 0.05) is 11.4 Å². The Bertz CT molecular complexity index is 1410. The molecule has 0 unspecified atom stereocenters. The molecule has 1 atom stereocenters. The Hall–Kier alpha value is -3.65. The van der Waals surface area contributed by atoms with Crippen LogP contribution in [-0.2, 0) is 6.42 Å². The Balaban J connectivity index is 1.63. The first-order chi connectivity index (χ1) is 16.4. The topological polar surface area (TPSA) is 87.8 Å². The number of ketones is 1. The maximum absolute atomic E-state index is 13.1. The number of carbonyl (C=O) groups excluding carboxylic acids is 1. The quantitative estimate of drug-likeness (QED) is 0.411. The zero-order chi connectivity index (χ0) is 24.0. The molecule has 5 rings (SSSR count). The zero-order valence-electron chi connectivity index (χ0n) is 19.3. The van der Waals surface area contributed by atoms with E-state index in [1.807, 2.05) is 43.3 Å². The smallest absolute Gasteiger partial charge is 0.203 e. The van der Waals surface area contributed by atoms with Crippen LogP contribution in [-0.4, -0.2) is 46.9 Å². The number of benzene rings is 2. The molecule has 0 fully saturated rings. The number of hydrogen-bond donors (Lipinski definition) is 0. The van der Waals surface area contributed by atoms with E-state index in [2.05, 4.69) is 10.2 Å². The van der Waals surface area contributed by atoms with Crippen molar-refractivity contribution in [1.29, 1.82) is 0 Å². The van der Waals surface area contributed by atoms with Gasteiger partial charge in [0.05, 0.1) is 38.3 Å². The van der Waals surface area contributed by atoms with Crippen molar-refractivity contribution in [3.8, 4) is 28.4 Å². The maximum Gasteiger partial charge on any atom is 0.203 e. The fourth-order valence-corrected chi connectivity index (χ4v) is 4.82. The molecule has 1 aliphatic rings. The van der Waals surface area contributed by atoms with E-state index in [1.165, 1.54) is 0 Å². The maximum atomic E-state index is 13.1. The van der Waals surface area contributed by atoms with Crippen molar-refractivity contribution in [3.63, 3.8) is 0 Å². The molecule has 174 valence electrons. The Labute approximate surface area is 201 Å². The number of fused-ring (bicyclic) bond motifs is 3. The number of carbonyl (C=O) groups is 1. The summed E-state index contributed by atoms with van der Waals surface area (Å²) in [5, 5.41) is 14.1. The number of Topliss-reactive ketones (excluding diaryl/α,β-unsaturated/α-hetero) is 1. The summed E-state index contributed by atoms with van der Waals surface area (Å²) in [5.74, 6) is 1.42. The number of hydrogen-bond acceptors (Lipinski definition) is 7. The zero-order valence-corrected chi connectivity index (χ0v) is 20.0. The van der Waals surface area contributed by atoms with Crippen LogP contribution in [0.1, 0.15) is 39.8 Å². The van der Waals surface area contributed by atoms with Crippen LogP contribution >= 0.6 is 11.6 Å². The predicted octanol–water partition coefficient (Wildman–Crippen LogP) is 4.69. The second-order valence-electron chi connectivity index (χ2n) is 8.19. The molecule has 0 spiro atoms. The van der Waals surface area contributed by atoms with Crippen LogP contribution in [0.5, 0.6) is 17.2 Å². The molecule has 0 N–H and O–H groups in total. The molecule has 2 heterocycles. The van der Waals surface area contributed by atoms with Gasteiger partial charge in [-0.25, -0.2) is 4.52 Å². The summed E-state index contributed by atoms with van der Waals surface area (Å²) in [7, 11) is 4.71. The molecule has 0 radical (unpaired) electrons. The van der Waals surface area contributed by atoms with Crippen LogP contribution in [0.2, 0.25) is 5.02 Å². The number of ether oxygens (including phenoxy) is 3. The van der Waals surface area contributed by atoms with Gasteiger partial charge in [0.2, 0.25) is 5.75 Å². The lowest BCUT2D eigenvalue weighted by Crippen LogP contribution is -2.24. The third-order valence-electron chi connectivity index (χ3n) is 6.22. The average molecular weight is 479 g/mol. The van der Waals surface area contributed by atoms with E-state index in [-0.39, 0.29) is 11.7 Å². The molecule has 1 aliphatic carbocycles. The van der Waals surface area contributed by atoms with E-state index in [0.29, 0.717) is 46.5 Å². The van der Waals surface area contributed by atoms with Gasteiger partial charge in [-0.1, -0.05) is 23.7 Å². The second-order valence-corrected chi connectivity index (χ2v) is 8.62. The molecule has 0 aliphatic heterocycles. The third kappa shape index (κ3) is 3.54. The van der Waals surface area contributed by atoms with Crippen LogP contribution in [0.4, 0.5) is 0 Å². The minimum absolute atomic E-state index is 0.0770. The number of nitrogens with zero attached hydrogens (tertiary/aromatic N) is 4. The van der Waals surface area contributed by atoms with E-state index < -0.39 is 0 Å². The highest BCUT2D eigenvalue weighted by atomic mass is 35.5. The molecule has 9 heteroatoms. The summed E-state index contributed by atoms with van der Waals surface area (Å²) in [5.41, 5.74) is 5.13. The molecule has 8 nitrogen and oxygen atoms in total. The summed E-state index contributed by atoms with van der Waals surface area (Å²) in [6, 6.07) is 11.3. The molecule has 0 saturated carbocycles. The van der Waals surface area contributed by atoms with Gasteiger partial charge in [-0.3, -0.25) is 4.79 Å². The molecule has 2 aromatic carbocycles. The van der Waals surface area contributed by atoms with Crippen LogP contribution in [0.3, 0.4) is 0 Å². The lowest BCUT2D eigenvalue weighted by atomic mass is 9.83. The van der Waals surface area contributed by atoms with Gasteiger partial charge in [-0.2, -0.15) is 5.10 Å². The number of halogens is 1. The Morgan fingerprint density at radius 3 is 2.38 bits per heavy atom. The van der Waals surface area contributed by atoms with E-state index in [1.54, 1.807) is 25.8 Å². The summed E-state index contributed by atoms with van der Waals surface area (Å²) in [6.45, 7) is 1.92. The van der Waals surface area contributed by atoms with Gasteiger partial charge >= 0.3 is 0 Å². The number of rotatable bonds is 5. The van der Waals surface area contributed by atoms with Crippen molar-refractivity contribution in [3.05, 3.63) is 64.1 Å². The van der Waals surface area contributed by atoms with Gasteiger partial charge in [-0.05, 0) is 54.7 Å². The first-order valence-electron chi connectivity index (χ1n) is 10.8. The summed E-state index contributed by atoms with van der Waals surface area (Å²) in [6.07, 6.45) is 0.856. The van der Waals surface area contributed by atoms with Gasteiger partial charge in [0.1, 0.15) is 0 Å². The number of methoxy groups -OCH3 is 3. The molecule has 4 aromatic rings. The van der Waals surface area contributed by atoms with Gasteiger partial charge in [0.15, 0.2) is 28.6 Å². The molecule has 0 amide bonds. The SMILES string of the molecule is COc1cc([C@@H]2CC(=O)c3nnc4c(-c5cccc(Cl)c5)c(C)nn4c3C2)cc(OC)c1OC. The number of aromatic nitrogens is 4. The largest absolute Gasteiger partial charge is 0.493 e. The minimum atomic E-state index is -0.111. The average Bonchev–Trinajstić information content (AvgIpc) is 3.19. The van der Waals surface area contributed by atoms with Gasteiger partial charge in [0.25, 0.3) is 0 Å². The Morgan fingerprint density at radius 1 is 1.00 bits per heavy atom. The highest BCUT2D eigenvalue weighted by Crippen LogP contribution is 2.43. The fourth-order valence-electron chi connectivity index (χ4n) is 4.63. The van der Waals surface area contributed by atoms with Crippen LogP contribution < -0.4 is 14.2 Å². The minimum Gasteiger partial charge on any atom is -0.493 e. The predicted molar refractivity (Wildman–Crippen MR) is 127 cm³/mol. The Morgan fingerprint density at radius 2 is 1.74 bits per heavy atom. The van der Waals surface area contributed by atoms with E-state index in [9.17, 15) is 4.79 Å². The Kier molecular flexibility index (Phi) is 5.61. The lowest BCUT2D eigenvalue weighted by molar-refractivity contribution is 0.0955. The first kappa shape index (κ1) is 22.2. The summed E-state index contributed by atoms with van der Waals surface area (Å²) < 4.78 is 18.2. The molecular weight excluding hydrogens is 456 g/mol. The third-order valence-corrected chi connectivity index (χ3v) is 6.45. The van der Waals surface area contributed by atoms with Crippen molar-refractivity contribution in [2.24, 2.45) is 0 Å². The molecule has 0 bridgehead atoms. The standard InChI is InChI=1S/C25H23ClN4O4/c1-13-22(14-6-5-7-17(26)8-14)25-28-27-23-18(30(25)29-13)9-15(10-19(23)31)16-11-20(32-2)24(34-4)21(12-16)33-3/h5-8,11-12,15H,9-10H2,1-4H3/t15-/m0/s1. The highest BCUT2D eigenvalue weighted by molar-refractivity contribution is 6.30. The van der Waals surface area contributed by atoms with Gasteiger partial charge in [-0.15, -0.1) is 10.2 Å². The summed E-state index contributed by atoms with van der Waals surface area (Å²) >= 11 is 6.22. The van der Waals surface area contributed by atoms with Crippen LogP contribution in [0.25, 0.3) is 16.8 Å². The highest BCUT2D eigenvalue weighted by Gasteiger charge is 2.32. The molecule has 34 heavy (non-hydrogen) atoms. The van der Waals surface area contributed by atoms with Crippen molar-refractivity contribution in [2.45, 2.75) is 25.7 Å². The van der Waals surface area contributed by atoms with E-state index in [4.69, 9.17) is 30.9 Å². The lowest BCUT2D eigenvalue weighted by Gasteiger charge is -2.24. The van der Waals surface area contributed by atoms with Crippen molar-refractivity contribution < 1.29 is 19.0 Å². The number of aryl methyl sites for hydroxylation is 1. The first-order valence-corrected chi connectivity index (χ1v) is 11.2. The van der Waals surface area contributed by atoms with Crippen molar-refractivity contribution in [1.82, 2.24) is 19.8 Å². The monoisotopic (exact) mass is 478 g/mol. The van der Waals surface area contributed by atoms with Crippen LogP contribution in [0.15, 0.2) is 36.4 Å². The normalized spacial score (nSPS) is 15.3. The van der Waals surface area contributed by atoms with E-state index >= 15 is 0 Å².